The average Bonchev–Trinajstić information content (AvgIpc) is 3.11. The Labute approximate surface area is 183 Å². The Morgan fingerprint density at radius 2 is 1.68 bits per heavy atom. The van der Waals surface area contributed by atoms with Crippen LogP contribution in [0.15, 0.2) is 54.7 Å². The summed E-state index contributed by atoms with van der Waals surface area (Å²) in [6.07, 6.45) is 8.75. The lowest BCUT2D eigenvalue weighted by Crippen LogP contribution is -2.35. The van der Waals surface area contributed by atoms with Gasteiger partial charge in [-0.2, -0.15) is 5.10 Å². The van der Waals surface area contributed by atoms with Crippen molar-refractivity contribution in [2.24, 2.45) is 0 Å². The van der Waals surface area contributed by atoms with Crippen molar-refractivity contribution in [3.8, 4) is 28.3 Å². The standard InChI is InChI=1S/C25H29N3O3/c1-30-22-15-14-18(16-23(22)31-2)21-17-28(20-12-8-5-9-13-20)27-24(21)25(29)26-19-10-6-3-4-7-11-19/h5,8-9,12-17,19H,3-4,6-7,10-11H2,1-2H3,(H,26,29). The fourth-order valence-electron chi connectivity index (χ4n) is 4.15. The number of ether oxygens (including phenoxy) is 2. The number of hydrogen-bond donors (Lipinski definition) is 1. The Hall–Kier alpha value is -3.28. The number of amides is 1. The molecule has 1 aromatic heterocycles. The van der Waals surface area contributed by atoms with E-state index < -0.39 is 0 Å². The average molecular weight is 420 g/mol. The number of aromatic nitrogens is 2. The number of hydrogen-bond acceptors (Lipinski definition) is 4. The highest BCUT2D eigenvalue weighted by Crippen LogP contribution is 2.34. The van der Waals surface area contributed by atoms with Crippen molar-refractivity contribution in [3.05, 3.63) is 60.4 Å². The first-order valence-corrected chi connectivity index (χ1v) is 10.9. The summed E-state index contributed by atoms with van der Waals surface area (Å²) in [5.41, 5.74) is 2.93. The van der Waals surface area contributed by atoms with Crippen molar-refractivity contribution in [3.63, 3.8) is 0 Å². The van der Waals surface area contributed by atoms with E-state index in [1.165, 1.54) is 12.8 Å². The number of rotatable bonds is 6. The van der Waals surface area contributed by atoms with E-state index in [1.54, 1.807) is 18.9 Å². The molecule has 162 valence electrons. The lowest BCUT2D eigenvalue weighted by atomic mass is 10.0. The van der Waals surface area contributed by atoms with Crippen LogP contribution in [0.4, 0.5) is 0 Å². The van der Waals surface area contributed by atoms with Crippen LogP contribution in [0.3, 0.4) is 0 Å². The lowest BCUT2D eigenvalue weighted by Gasteiger charge is -2.16. The van der Waals surface area contributed by atoms with Gasteiger partial charge < -0.3 is 14.8 Å². The van der Waals surface area contributed by atoms with Gasteiger partial charge >= 0.3 is 0 Å². The van der Waals surface area contributed by atoms with Crippen molar-refractivity contribution in [2.75, 3.05) is 14.2 Å². The van der Waals surface area contributed by atoms with Gasteiger partial charge in [0, 0.05) is 17.8 Å². The second kappa shape index (κ2) is 9.69. The third kappa shape index (κ3) is 4.74. The molecular formula is C25H29N3O3. The molecule has 0 unspecified atom stereocenters. The highest BCUT2D eigenvalue weighted by Gasteiger charge is 2.23. The number of carbonyl (C=O) groups excluding carboxylic acids is 1. The number of nitrogens with zero attached hydrogens (tertiary/aromatic N) is 2. The maximum atomic E-state index is 13.3. The highest BCUT2D eigenvalue weighted by molar-refractivity contribution is 5.99. The number of nitrogens with one attached hydrogen (secondary N) is 1. The number of para-hydroxylation sites is 1. The summed E-state index contributed by atoms with van der Waals surface area (Å²) < 4.78 is 12.6. The van der Waals surface area contributed by atoms with Crippen LogP contribution in [0.5, 0.6) is 11.5 Å². The highest BCUT2D eigenvalue weighted by atomic mass is 16.5. The van der Waals surface area contributed by atoms with E-state index in [9.17, 15) is 4.79 Å². The minimum absolute atomic E-state index is 0.133. The molecule has 3 aromatic rings. The van der Waals surface area contributed by atoms with E-state index in [2.05, 4.69) is 10.4 Å². The molecule has 0 bridgehead atoms. The molecule has 4 rings (SSSR count). The molecule has 2 aromatic carbocycles. The van der Waals surface area contributed by atoms with Crippen LogP contribution < -0.4 is 14.8 Å². The molecule has 6 nitrogen and oxygen atoms in total. The van der Waals surface area contributed by atoms with E-state index in [4.69, 9.17) is 9.47 Å². The zero-order valence-electron chi connectivity index (χ0n) is 18.1. The first-order valence-electron chi connectivity index (χ1n) is 10.9. The summed E-state index contributed by atoms with van der Waals surface area (Å²) in [5, 5.41) is 7.91. The minimum atomic E-state index is -0.133. The molecule has 0 atom stereocenters. The Morgan fingerprint density at radius 3 is 2.35 bits per heavy atom. The van der Waals surface area contributed by atoms with Gasteiger partial charge in [0.15, 0.2) is 17.2 Å². The molecule has 1 aliphatic carbocycles. The third-order valence-electron chi connectivity index (χ3n) is 5.83. The van der Waals surface area contributed by atoms with E-state index in [0.717, 1.165) is 42.5 Å². The van der Waals surface area contributed by atoms with Crippen LogP contribution in [0.2, 0.25) is 0 Å². The largest absolute Gasteiger partial charge is 0.493 e. The lowest BCUT2D eigenvalue weighted by molar-refractivity contribution is 0.0928. The van der Waals surface area contributed by atoms with Gasteiger partial charge in [0.1, 0.15) is 0 Å². The second-order valence-electron chi connectivity index (χ2n) is 7.90. The molecule has 1 saturated carbocycles. The summed E-state index contributed by atoms with van der Waals surface area (Å²) in [6.45, 7) is 0. The predicted molar refractivity (Wildman–Crippen MR) is 121 cm³/mol. The van der Waals surface area contributed by atoms with E-state index in [-0.39, 0.29) is 11.9 Å². The molecule has 0 aliphatic heterocycles. The van der Waals surface area contributed by atoms with Gasteiger partial charge in [0.05, 0.1) is 19.9 Å². The van der Waals surface area contributed by atoms with Crippen LogP contribution in [-0.4, -0.2) is 35.9 Å². The molecule has 0 spiro atoms. The molecule has 0 saturated heterocycles. The van der Waals surface area contributed by atoms with Crippen LogP contribution in [0.1, 0.15) is 49.0 Å². The molecular weight excluding hydrogens is 390 g/mol. The van der Waals surface area contributed by atoms with Crippen molar-refractivity contribution in [1.29, 1.82) is 0 Å². The van der Waals surface area contributed by atoms with Crippen LogP contribution in [0, 0.1) is 0 Å². The van der Waals surface area contributed by atoms with E-state index in [0.29, 0.717) is 17.2 Å². The minimum Gasteiger partial charge on any atom is -0.493 e. The van der Waals surface area contributed by atoms with Crippen molar-refractivity contribution in [1.82, 2.24) is 15.1 Å². The summed E-state index contributed by atoms with van der Waals surface area (Å²) in [7, 11) is 3.21. The van der Waals surface area contributed by atoms with Gasteiger partial charge in [-0.1, -0.05) is 49.9 Å². The maximum Gasteiger partial charge on any atom is 0.272 e. The van der Waals surface area contributed by atoms with Gasteiger partial charge in [0.25, 0.3) is 5.91 Å². The van der Waals surface area contributed by atoms with Gasteiger partial charge in [-0.3, -0.25) is 4.79 Å². The van der Waals surface area contributed by atoms with Crippen molar-refractivity contribution >= 4 is 5.91 Å². The van der Waals surface area contributed by atoms with Crippen LogP contribution in [-0.2, 0) is 0 Å². The van der Waals surface area contributed by atoms with Gasteiger partial charge in [0.2, 0.25) is 0 Å². The normalized spacial score (nSPS) is 14.6. The van der Waals surface area contributed by atoms with Gasteiger partial charge in [-0.05, 0) is 42.7 Å². The van der Waals surface area contributed by atoms with Crippen molar-refractivity contribution in [2.45, 2.75) is 44.6 Å². The van der Waals surface area contributed by atoms with E-state index >= 15 is 0 Å². The topological polar surface area (TPSA) is 65.4 Å². The summed E-state index contributed by atoms with van der Waals surface area (Å²) in [5.74, 6) is 1.13. The predicted octanol–water partition coefficient (Wildman–Crippen LogP) is 5.01. The molecule has 1 N–H and O–H groups in total. The van der Waals surface area contributed by atoms with Crippen LogP contribution >= 0.6 is 0 Å². The summed E-state index contributed by atoms with van der Waals surface area (Å²) in [4.78, 5) is 13.3. The fourth-order valence-corrected chi connectivity index (χ4v) is 4.15. The number of benzene rings is 2. The molecule has 1 fully saturated rings. The van der Waals surface area contributed by atoms with E-state index in [1.807, 2.05) is 54.7 Å². The van der Waals surface area contributed by atoms with Gasteiger partial charge in [-0.25, -0.2) is 4.68 Å². The van der Waals surface area contributed by atoms with Crippen LogP contribution in [0.25, 0.3) is 16.8 Å². The SMILES string of the molecule is COc1ccc(-c2cn(-c3ccccc3)nc2C(=O)NC2CCCCCC2)cc1OC. The quantitative estimate of drug-likeness (QED) is 0.571. The Morgan fingerprint density at radius 1 is 0.968 bits per heavy atom. The zero-order chi connectivity index (χ0) is 21.6. The Bertz CT molecular complexity index is 1020. The molecule has 1 amide bonds. The molecule has 1 heterocycles. The molecule has 31 heavy (non-hydrogen) atoms. The molecule has 0 radical (unpaired) electrons. The smallest absolute Gasteiger partial charge is 0.272 e. The van der Waals surface area contributed by atoms with Gasteiger partial charge in [-0.15, -0.1) is 0 Å². The number of carbonyl (C=O) groups is 1. The Balaban J connectivity index is 1.72. The summed E-state index contributed by atoms with van der Waals surface area (Å²) in [6, 6.07) is 15.7. The van der Waals surface area contributed by atoms with Crippen molar-refractivity contribution < 1.29 is 14.3 Å². The first kappa shape index (κ1) is 21.0. The Kier molecular flexibility index (Phi) is 6.55. The third-order valence-corrected chi connectivity index (χ3v) is 5.83. The monoisotopic (exact) mass is 419 g/mol. The molecule has 1 aliphatic rings. The summed E-state index contributed by atoms with van der Waals surface area (Å²) >= 11 is 0. The number of methoxy groups -OCH3 is 2. The first-order chi connectivity index (χ1) is 15.2. The second-order valence-corrected chi connectivity index (χ2v) is 7.90. The fraction of sp³-hybridized carbons (Fsp3) is 0.360. The zero-order valence-corrected chi connectivity index (χ0v) is 18.1. The molecule has 6 heteroatoms. The maximum absolute atomic E-state index is 13.3.